The summed E-state index contributed by atoms with van der Waals surface area (Å²) in [6, 6.07) is 24.3. The van der Waals surface area contributed by atoms with Crippen LogP contribution in [-0.4, -0.2) is 24.5 Å². The van der Waals surface area contributed by atoms with Crippen LogP contribution in [-0.2, 0) is 6.54 Å². The van der Waals surface area contributed by atoms with Crippen LogP contribution < -0.4 is 4.74 Å². The molecular weight excluding hydrogens is 358 g/mol. The fourth-order valence-electron chi connectivity index (χ4n) is 3.35. The van der Waals surface area contributed by atoms with Gasteiger partial charge in [0.25, 0.3) is 5.91 Å². The molecule has 0 saturated carbocycles. The lowest BCUT2D eigenvalue weighted by atomic mass is 10.0. The second-order valence-corrected chi connectivity index (χ2v) is 7.87. The summed E-state index contributed by atoms with van der Waals surface area (Å²) < 4.78 is 5.23. The highest BCUT2D eigenvalue weighted by atomic mass is 16.5. The second kappa shape index (κ2) is 9.42. The Morgan fingerprint density at radius 3 is 1.93 bits per heavy atom. The van der Waals surface area contributed by atoms with Crippen molar-refractivity contribution < 1.29 is 9.53 Å². The standard InChI is InChI=1S/C26H29NO2/c1-19(2)17-27(26(28)24-9-5-20(3)6-10-24)18-21-7-11-22(12-8-21)23-13-15-25(29-4)16-14-23/h5-16,19H,17-18H2,1-4H3. The molecule has 0 N–H and O–H groups in total. The van der Waals surface area contributed by atoms with Crippen LogP contribution in [0.4, 0.5) is 0 Å². The van der Waals surface area contributed by atoms with Crippen LogP contribution in [0.15, 0.2) is 72.8 Å². The molecule has 3 rings (SSSR count). The summed E-state index contributed by atoms with van der Waals surface area (Å²) in [7, 11) is 1.67. The highest BCUT2D eigenvalue weighted by molar-refractivity contribution is 5.94. The third-order valence-corrected chi connectivity index (χ3v) is 4.92. The highest BCUT2D eigenvalue weighted by Crippen LogP contribution is 2.23. The maximum absolute atomic E-state index is 13.1. The number of nitrogens with zero attached hydrogens (tertiary/aromatic N) is 1. The number of ether oxygens (including phenoxy) is 1. The number of amides is 1. The fourth-order valence-corrected chi connectivity index (χ4v) is 3.35. The topological polar surface area (TPSA) is 29.5 Å². The zero-order valence-electron chi connectivity index (χ0n) is 17.7. The normalized spacial score (nSPS) is 10.8. The third kappa shape index (κ3) is 5.47. The lowest BCUT2D eigenvalue weighted by molar-refractivity contribution is 0.0722. The number of hydrogen-bond donors (Lipinski definition) is 0. The molecule has 0 aliphatic carbocycles. The highest BCUT2D eigenvalue weighted by Gasteiger charge is 2.17. The van der Waals surface area contributed by atoms with Gasteiger partial charge in [0.1, 0.15) is 5.75 Å². The number of carbonyl (C=O) groups excluding carboxylic acids is 1. The van der Waals surface area contributed by atoms with Gasteiger partial charge in [-0.25, -0.2) is 0 Å². The molecular formula is C26H29NO2. The van der Waals surface area contributed by atoms with Crippen LogP contribution in [0.25, 0.3) is 11.1 Å². The Balaban J connectivity index is 1.76. The molecule has 3 aromatic carbocycles. The summed E-state index contributed by atoms with van der Waals surface area (Å²) in [6.07, 6.45) is 0. The van der Waals surface area contributed by atoms with Crippen molar-refractivity contribution in [2.45, 2.75) is 27.3 Å². The smallest absolute Gasteiger partial charge is 0.254 e. The zero-order chi connectivity index (χ0) is 20.8. The van der Waals surface area contributed by atoms with E-state index in [1.54, 1.807) is 7.11 Å². The minimum absolute atomic E-state index is 0.0814. The maximum Gasteiger partial charge on any atom is 0.254 e. The van der Waals surface area contributed by atoms with Crippen molar-refractivity contribution >= 4 is 5.91 Å². The predicted octanol–water partition coefficient (Wildman–Crippen LogP) is 5.97. The number of aryl methyl sites for hydroxylation is 1. The lowest BCUT2D eigenvalue weighted by Gasteiger charge is -2.25. The van der Waals surface area contributed by atoms with E-state index in [0.717, 1.165) is 40.1 Å². The molecule has 0 bridgehead atoms. The van der Waals surface area contributed by atoms with E-state index >= 15 is 0 Å². The van der Waals surface area contributed by atoms with E-state index in [9.17, 15) is 4.79 Å². The molecule has 0 aromatic heterocycles. The van der Waals surface area contributed by atoms with Crippen molar-refractivity contribution in [3.05, 3.63) is 89.5 Å². The van der Waals surface area contributed by atoms with Crippen molar-refractivity contribution in [3.8, 4) is 16.9 Å². The van der Waals surface area contributed by atoms with Gasteiger partial charge in [0, 0.05) is 18.7 Å². The van der Waals surface area contributed by atoms with E-state index in [2.05, 4.69) is 50.2 Å². The Bertz CT molecular complexity index is 926. The van der Waals surface area contributed by atoms with Gasteiger partial charge in [-0.05, 0) is 53.8 Å². The molecule has 150 valence electrons. The fraction of sp³-hybridized carbons (Fsp3) is 0.269. The molecule has 0 fully saturated rings. The Morgan fingerprint density at radius 1 is 0.862 bits per heavy atom. The van der Waals surface area contributed by atoms with Gasteiger partial charge in [0.15, 0.2) is 0 Å². The molecule has 0 aliphatic rings. The first kappa shape index (κ1) is 20.7. The zero-order valence-corrected chi connectivity index (χ0v) is 17.7. The Kier molecular flexibility index (Phi) is 6.71. The number of benzene rings is 3. The van der Waals surface area contributed by atoms with E-state index in [1.165, 1.54) is 0 Å². The molecule has 29 heavy (non-hydrogen) atoms. The van der Waals surface area contributed by atoms with Crippen LogP contribution in [0.2, 0.25) is 0 Å². The first-order chi connectivity index (χ1) is 14.0. The number of hydrogen-bond acceptors (Lipinski definition) is 2. The third-order valence-electron chi connectivity index (χ3n) is 4.92. The Labute approximate surface area is 174 Å². The van der Waals surface area contributed by atoms with Gasteiger partial charge in [0.05, 0.1) is 7.11 Å². The van der Waals surface area contributed by atoms with Gasteiger partial charge in [-0.1, -0.05) is 67.9 Å². The van der Waals surface area contributed by atoms with E-state index in [-0.39, 0.29) is 5.91 Å². The van der Waals surface area contributed by atoms with Gasteiger partial charge >= 0.3 is 0 Å². The van der Waals surface area contributed by atoms with Gasteiger partial charge in [-0.2, -0.15) is 0 Å². The minimum Gasteiger partial charge on any atom is -0.497 e. The number of rotatable bonds is 7. The van der Waals surface area contributed by atoms with Crippen LogP contribution in [0.5, 0.6) is 5.75 Å². The molecule has 0 unspecified atom stereocenters. The lowest BCUT2D eigenvalue weighted by Crippen LogP contribution is -2.33. The Morgan fingerprint density at radius 2 is 1.41 bits per heavy atom. The van der Waals surface area contributed by atoms with E-state index in [1.807, 2.05) is 48.2 Å². The maximum atomic E-state index is 13.1. The van der Waals surface area contributed by atoms with Crippen LogP contribution in [0, 0.1) is 12.8 Å². The first-order valence-electron chi connectivity index (χ1n) is 10.1. The van der Waals surface area contributed by atoms with Gasteiger partial charge < -0.3 is 9.64 Å². The van der Waals surface area contributed by atoms with Gasteiger partial charge in [-0.3, -0.25) is 4.79 Å². The average Bonchev–Trinajstić information content (AvgIpc) is 2.73. The summed E-state index contributed by atoms with van der Waals surface area (Å²) in [5.41, 5.74) is 5.32. The monoisotopic (exact) mass is 387 g/mol. The molecule has 0 saturated heterocycles. The molecule has 3 nitrogen and oxygen atoms in total. The van der Waals surface area contributed by atoms with Crippen molar-refractivity contribution in [3.63, 3.8) is 0 Å². The average molecular weight is 388 g/mol. The summed E-state index contributed by atoms with van der Waals surface area (Å²) in [5.74, 6) is 1.34. The summed E-state index contributed by atoms with van der Waals surface area (Å²) >= 11 is 0. The first-order valence-corrected chi connectivity index (χ1v) is 10.1. The van der Waals surface area contributed by atoms with Gasteiger partial charge in [-0.15, -0.1) is 0 Å². The van der Waals surface area contributed by atoms with Crippen molar-refractivity contribution in [2.24, 2.45) is 5.92 Å². The Hall–Kier alpha value is -3.07. The van der Waals surface area contributed by atoms with E-state index in [4.69, 9.17) is 4.74 Å². The molecule has 3 heteroatoms. The SMILES string of the molecule is COc1ccc(-c2ccc(CN(CC(C)C)C(=O)c3ccc(C)cc3)cc2)cc1. The number of carbonyl (C=O) groups is 1. The van der Waals surface area contributed by atoms with Crippen LogP contribution in [0.3, 0.4) is 0 Å². The largest absolute Gasteiger partial charge is 0.497 e. The molecule has 0 aliphatic heterocycles. The van der Waals surface area contributed by atoms with Gasteiger partial charge in [0.2, 0.25) is 0 Å². The van der Waals surface area contributed by atoms with Crippen LogP contribution in [0.1, 0.15) is 35.3 Å². The summed E-state index contributed by atoms with van der Waals surface area (Å²) in [5, 5.41) is 0. The quantitative estimate of drug-likeness (QED) is 0.500. The summed E-state index contributed by atoms with van der Waals surface area (Å²) in [4.78, 5) is 15.0. The van der Waals surface area contributed by atoms with Crippen LogP contribution >= 0.6 is 0 Å². The predicted molar refractivity (Wildman–Crippen MR) is 119 cm³/mol. The molecule has 0 spiro atoms. The molecule has 0 heterocycles. The summed E-state index contributed by atoms with van der Waals surface area (Å²) in [6.45, 7) is 7.65. The second-order valence-electron chi connectivity index (χ2n) is 7.87. The minimum atomic E-state index is 0.0814. The molecule has 0 atom stereocenters. The molecule has 3 aromatic rings. The molecule has 0 radical (unpaired) electrons. The van der Waals surface area contributed by atoms with Crippen molar-refractivity contribution in [1.82, 2.24) is 4.90 Å². The number of methoxy groups -OCH3 is 1. The van der Waals surface area contributed by atoms with Crippen molar-refractivity contribution in [2.75, 3.05) is 13.7 Å². The van der Waals surface area contributed by atoms with Crippen molar-refractivity contribution in [1.29, 1.82) is 0 Å². The van der Waals surface area contributed by atoms with E-state index < -0.39 is 0 Å². The molecule has 1 amide bonds. The van der Waals surface area contributed by atoms with E-state index in [0.29, 0.717) is 12.5 Å².